The van der Waals surface area contributed by atoms with Gasteiger partial charge in [-0.15, -0.1) is 0 Å². The van der Waals surface area contributed by atoms with E-state index in [1.807, 2.05) is 0 Å². The number of aliphatic imine (C=N–C) groups is 1. The Balaban J connectivity index is 3.32. The predicted octanol–water partition coefficient (Wildman–Crippen LogP) is -3.01. The standard InChI is InChI=1S/C12H19N5O7/c1-4(19)15-8-5(16-12(13)14)2-7(11(21)22)24-10(8)9(20)6(3-18)17-23/h2,5-6,8-10,18,20H,3H2,1H3,(H,15,19)(H,21,22)(H4,13,14,16)/t5?,6-,8?,9-,10?/m1/s1. The van der Waals surface area contributed by atoms with Crippen LogP contribution in [-0.4, -0.2) is 70.1 Å². The van der Waals surface area contributed by atoms with Gasteiger partial charge >= 0.3 is 5.97 Å². The Bertz CT molecular complexity index is 560. The lowest BCUT2D eigenvalue weighted by molar-refractivity contribution is -0.142. The molecule has 0 radical (unpaired) electrons. The fourth-order valence-electron chi connectivity index (χ4n) is 2.23. The first-order valence-electron chi connectivity index (χ1n) is 6.80. The first-order chi connectivity index (χ1) is 11.2. The van der Waals surface area contributed by atoms with Crippen molar-refractivity contribution in [1.29, 1.82) is 0 Å². The average molecular weight is 345 g/mol. The van der Waals surface area contributed by atoms with E-state index in [1.165, 1.54) is 6.92 Å². The summed E-state index contributed by atoms with van der Waals surface area (Å²) in [5, 5.41) is 33.4. The number of hydrogen-bond donors (Lipinski definition) is 6. The molecule has 134 valence electrons. The molecule has 1 amide bonds. The van der Waals surface area contributed by atoms with Crippen LogP contribution >= 0.6 is 0 Å². The molecule has 0 aromatic heterocycles. The number of aliphatic hydroxyl groups excluding tert-OH is 2. The van der Waals surface area contributed by atoms with Gasteiger partial charge in [-0.25, -0.2) is 9.79 Å². The van der Waals surface area contributed by atoms with Crippen LogP contribution in [-0.2, 0) is 14.3 Å². The van der Waals surface area contributed by atoms with Crippen LogP contribution in [0.1, 0.15) is 6.92 Å². The molecule has 24 heavy (non-hydrogen) atoms. The van der Waals surface area contributed by atoms with Crippen LogP contribution in [0, 0.1) is 4.91 Å². The molecular weight excluding hydrogens is 326 g/mol. The normalized spacial score (nSPS) is 25.5. The largest absolute Gasteiger partial charge is 0.478 e. The summed E-state index contributed by atoms with van der Waals surface area (Å²) in [6.07, 6.45) is -2.11. The Labute approximate surface area is 136 Å². The molecule has 0 fully saturated rings. The zero-order chi connectivity index (χ0) is 18.4. The highest BCUT2D eigenvalue weighted by Gasteiger charge is 2.44. The number of nitrogens with two attached hydrogens (primary N) is 2. The van der Waals surface area contributed by atoms with Gasteiger partial charge in [-0.3, -0.25) is 4.79 Å². The highest BCUT2D eigenvalue weighted by molar-refractivity contribution is 5.85. The molecule has 5 atom stereocenters. The van der Waals surface area contributed by atoms with E-state index in [0.717, 1.165) is 6.08 Å². The number of carboxylic acids is 1. The second kappa shape index (κ2) is 8.21. The zero-order valence-corrected chi connectivity index (χ0v) is 12.7. The molecule has 0 saturated carbocycles. The summed E-state index contributed by atoms with van der Waals surface area (Å²) in [6.45, 7) is 0.365. The molecular formula is C12H19N5O7. The van der Waals surface area contributed by atoms with Gasteiger partial charge < -0.3 is 36.8 Å². The average Bonchev–Trinajstić information content (AvgIpc) is 2.48. The minimum atomic E-state index is -1.72. The highest BCUT2D eigenvalue weighted by Crippen LogP contribution is 2.25. The van der Waals surface area contributed by atoms with E-state index in [1.54, 1.807) is 0 Å². The minimum Gasteiger partial charge on any atom is -0.478 e. The molecule has 3 unspecified atom stereocenters. The van der Waals surface area contributed by atoms with Crippen molar-refractivity contribution < 1.29 is 29.6 Å². The van der Waals surface area contributed by atoms with Gasteiger partial charge in [-0.05, 0) is 6.08 Å². The van der Waals surface area contributed by atoms with E-state index in [9.17, 15) is 19.6 Å². The van der Waals surface area contributed by atoms with Crippen LogP contribution in [0.25, 0.3) is 0 Å². The van der Waals surface area contributed by atoms with Gasteiger partial charge in [0, 0.05) is 6.92 Å². The minimum absolute atomic E-state index is 0.390. The van der Waals surface area contributed by atoms with Gasteiger partial charge in [0.2, 0.25) is 11.7 Å². The number of carbonyl (C=O) groups is 2. The van der Waals surface area contributed by atoms with Crippen molar-refractivity contribution in [2.24, 2.45) is 21.6 Å². The molecule has 1 aliphatic rings. The van der Waals surface area contributed by atoms with Gasteiger partial charge in [0.1, 0.15) is 18.2 Å². The number of aliphatic carboxylic acids is 1. The highest BCUT2D eigenvalue weighted by atomic mass is 16.5. The van der Waals surface area contributed by atoms with Gasteiger partial charge in [0.25, 0.3) is 0 Å². The lowest BCUT2D eigenvalue weighted by atomic mass is 9.91. The van der Waals surface area contributed by atoms with E-state index in [4.69, 9.17) is 26.4 Å². The third-order valence-corrected chi connectivity index (χ3v) is 3.24. The number of nitrogens with zero attached hydrogens (tertiary/aromatic N) is 2. The number of aliphatic hydroxyl groups is 2. The van der Waals surface area contributed by atoms with Crippen LogP contribution in [0.3, 0.4) is 0 Å². The molecule has 12 nitrogen and oxygen atoms in total. The van der Waals surface area contributed by atoms with Crippen molar-refractivity contribution >= 4 is 17.8 Å². The van der Waals surface area contributed by atoms with E-state index >= 15 is 0 Å². The number of hydrogen-bond acceptors (Lipinski definition) is 8. The predicted molar refractivity (Wildman–Crippen MR) is 80.5 cm³/mol. The third kappa shape index (κ3) is 4.63. The number of ether oxygens (including phenoxy) is 1. The lowest BCUT2D eigenvalue weighted by Crippen LogP contribution is -2.59. The number of carbonyl (C=O) groups excluding carboxylic acids is 1. The van der Waals surface area contributed by atoms with Crippen LogP contribution in [0.4, 0.5) is 0 Å². The van der Waals surface area contributed by atoms with Crippen molar-refractivity contribution in [2.75, 3.05) is 6.61 Å². The van der Waals surface area contributed by atoms with Gasteiger partial charge in [0.05, 0.1) is 18.7 Å². The maximum atomic E-state index is 11.4. The number of rotatable bonds is 7. The fraction of sp³-hybridized carbons (Fsp3) is 0.583. The van der Waals surface area contributed by atoms with Crippen LogP contribution in [0.2, 0.25) is 0 Å². The van der Waals surface area contributed by atoms with Gasteiger partial charge in [-0.1, -0.05) is 5.18 Å². The Hall–Kier alpha value is -2.73. The van der Waals surface area contributed by atoms with Gasteiger partial charge in [-0.2, -0.15) is 4.91 Å². The Morgan fingerprint density at radius 2 is 2.08 bits per heavy atom. The summed E-state index contributed by atoms with van der Waals surface area (Å²) in [5.41, 5.74) is 10.6. The monoisotopic (exact) mass is 345 g/mol. The molecule has 0 aromatic rings. The number of nitroso groups, excluding NO2 is 1. The Morgan fingerprint density at radius 1 is 1.46 bits per heavy atom. The summed E-state index contributed by atoms with van der Waals surface area (Å²) in [4.78, 5) is 37.1. The summed E-state index contributed by atoms with van der Waals surface area (Å²) >= 11 is 0. The second-order valence-electron chi connectivity index (χ2n) is 5.04. The van der Waals surface area contributed by atoms with Crippen LogP contribution < -0.4 is 16.8 Å². The van der Waals surface area contributed by atoms with Crippen molar-refractivity contribution in [3.05, 3.63) is 16.7 Å². The van der Waals surface area contributed by atoms with E-state index in [0.29, 0.717) is 0 Å². The van der Waals surface area contributed by atoms with Crippen molar-refractivity contribution in [3.63, 3.8) is 0 Å². The lowest BCUT2D eigenvalue weighted by Gasteiger charge is -2.38. The number of carboxylic acid groups (broad SMARTS) is 1. The smallest absolute Gasteiger partial charge is 0.370 e. The molecule has 1 aliphatic heterocycles. The SMILES string of the molecule is CC(=O)NC1C(N=C(N)N)C=C(C(=O)O)OC1[C@H](O)[C@@H](CO)N=O. The molecule has 8 N–H and O–H groups in total. The number of guanidine groups is 1. The molecule has 0 aromatic carbocycles. The summed E-state index contributed by atoms with van der Waals surface area (Å²) in [6, 6.07) is -3.68. The Morgan fingerprint density at radius 3 is 2.50 bits per heavy atom. The number of nitrogens with one attached hydrogen (secondary N) is 1. The molecule has 0 aliphatic carbocycles. The topological polar surface area (TPSA) is 210 Å². The van der Waals surface area contributed by atoms with E-state index in [-0.39, 0.29) is 0 Å². The molecule has 0 spiro atoms. The van der Waals surface area contributed by atoms with Crippen molar-refractivity contribution in [3.8, 4) is 0 Å². The second-order valence-corrected chi connectivity index (χ2v) is 5.04. The van der Waals surface area contributed by atoms with E-state index in [2.05, 4.69) is 15.5 Å². The molecule has 12 heteroatoms. The molecule has 0 saturated heterocycles. The number of amides is 1. The Kier molecular flexibility index (Phi) is 6.61. The maximum absolute atomic E-state index is 11.4. The van der Waals surface area contributed by atoms with Crippen molar-refractivity contribution in [2.45, 2.75) is 37.3 Å². The summed E-state index contributed by atoms with van der Waals surface area (Å²) in [7, 11) is 0. The van der Waals surface area contributed by atoms with Gasteiger partial charge in [0.15, 0.2) is 5.96 Å². The fourth-order valence-corrected chi connectivity index (χ4v) is 2.23. The zero-order valence-electron chi connectivity index (χ0n) is 12.7. The summed E-state index contributed by atoms with van der Waals surface area (Å²) < 4.78 is 5.16. The molecule has 1 heterocycles. The third-order valence-electron chi connectivity index (χ3n) is 3.24. The first-order valence-corrected chi connectivity index (χ1v) is 6.80. The van der Waals surface area contributed by atoms with E-state index < -0.39 is 60.5 Å². The summed E-state index contributed by atoms with van der Waals surface area (Å²) in [5.74, 6) is -2.98. The quantitative estimate of drug-likeness (QED) is 0.157. The first kappa shape index (κ1) is 19.3. The van der Waals surface area contributed by atoms with Crippen LogP contribution in [0.15, 0.2) is 22.0 Å². The van der Waals surface area contributed by atoms with Crippen LogP contribution in [0.5, 0.6) is 0 Å². The maximum Gasteiger partial charge on any atom is 0.370 e. The molecule has 1 rings (SSSR count). The van der Waals surface area contributed by atoms with Crippen molar-refractivity contribution in [1.82, 2.24) is 5.32 Å². The molecule has 0 bridgehead atoms.